The monoisotopic (exact) mass is 316 g/mol. The molecule has 1 aromatic carbocycles. The Kier molecular flexibility index (Phi) is 5.91. The maximum Gasteiger partial charge on any atom is 0.351 e. The first-order chi connectivity index (χ1) is 10.6. The Bertz CT molecular complexity index is 590. The highest BCUT2D eigenvalue weighted by atomic mass is 32.2. The molecule has 1 aliphatic heterocycles. The van der Waals surface area contributed by atoms with E-state index in [-0.39, 0.29) is 11.5 Å². The summed E-state index contributed by atoms with van der Waals surface area (Å²) in [4.78, 5) is 14.2. The van der Waals surface area contributed by atoms with Crippen LogP contribution >= 0.6 is 11.8 Å². The number of carbonyl (C=O) groups is 1. The number of benzene rings is 1. The average Bonchev–Trinajstić information content (AvgIpc) is 2.95. The Morgan fingerprint density at radius 3 is 2.77 bits per heavy atom. The fourth-order valence-corrected chi connectivity index (χ4v) is 3.24. The van der Waals surface area contributed by atoms with Crippen molar-refractivity contribution in [2.45, 2.75) is 20.4 Å². The van der Waals surface area contributed by atoms with Crippen molar-refractivity contribution >= 4 is 17.7 Å². The number of nitrogens with zero attached hydrogens (tertiary/aromatic N) is 2. The van der Waals surface area contributed by atoms with E-state index in [1.807, 2.05) is 50.2 Å². The largest absolute Gasteiger partial charge is 0.461 e. The van der Waals surface area contributed by atoms with E-state index in [2.05, 4.69) is 4.90 Å². The Labute approximate surface area is 135 Å². The molecule has 116 valence electrons. The second kappa shape index (κ2) is 7.90. The number of esters is 1. The molecule has 1 saturated heterocycles. The van der Waals surface area contributed by atoms with E-state index in [0.29, 0.717) is 13.2 Å². The maximum absolute atomic E-state index is 12.1. The zero-order valence-electron chi connectivity index (χ0n) is 12.9. The third-order valence-electron chi connectivity index (χ3n) is 3.18. The topological polar surface area (TPSA) is 53.3 Å². The Morgan fingerprint density at radius 2 is 2.14 bits per heavy atom. The molecule has 1 aromatic rings. The summed E-state index contributed by atoms with van der Waals surface area (Å²) in [6.07, 6.45) is 0. The van der Waals surface area contributed by atoms with Crippen LogP contribution in [-0.4, -0.2) is 29.8 Å². The van der Waals surface area contributed by atoms with Crippen molar-refractivity contribution in [3.05, 3.63) is 46.5 Å². The highest BCUT2D eigenvalue weighted by Crippen LogP contribution is 2.32. The molecule has 22 heavy (non-hydrogen) atoms. The second-order valence-electron chi connectivity index (χ2n) is 5.54. The molecule has 5 heteroatoms. The van der Waals surface area contributed by atoms with Crippen molar-refractivity contribution < 1.29 is 9.53 Å². The van der Waals surface area contributed by atoms with Crippen molar-refractivity contribution in [2.24, 2.45) is 5.92 Å². The van der Waals surface area contributed by atoms with Crippen molar-refractivity contribution in [3.8, 4) is 6.07 Å². The number of rotatable bonds is 5. The highest BCUT2D eigenvalue weighted by molar-refractivity contribution is 8.03. The van der Waals surface area contributed by atoms with Gasteiger partial charge in [0.05, 0.1) is 11.6 Å². The molecule has 0 amide bonds. The molecule has 1 fully saturated rings. The molecule has 1 heterocycles. The van der Waals surface area contributed by atoms with Crippen LogP contribution in [0.3, 0.4) is 0 Å². The third kappa shape index (κ3) is 4.28. The minimum Gasteiger partial charge on any atom is -0.461 e. The van der Waals surface area contributed by atoms with Gasteiger partial charge in [-0.1, -0.05) is 44.2 Å². The van der Waals surface area contributed by atoms with Crippen molar-refractivity contribution in [2.75, 3.05) is 18.9 Å². The van der Waals surface area contributed by atoms with Crippen molar-refractivity contribution in [3.63, 3.8) is 0 Å². The van der Waals surface area contributed by atoms with Gasteiger partial charge in [-0.2, -0.15) is 5.26 Å². The van der Waals surface area contributed by atoms with Crippen LogP contribution in [0.1, 0.15) is 19.4 Å². The second-order valence-corrected chi connectivity index (χ2v) is 6.62. The quantitative estimate of drug-likeness (QED) is 0.474. The lowest BCUT2D eigenvalue weighted by molar-refractivity contribution is -0.139. The molecule has 0 saturated carbocycles. The summed E-state index contributed by atoms with van der Waals surface area (Å²) in [7, 11) is 0. The van der Waals surface area contributed by atoms with Gasteiger partial charge in [0, 0.05) is 18.8 Å². The lowest BCUT2D eigenvalue weighted by atomic mass is 10.2. The van der Waals surface area contributed by atoms with Crippen molar-refractivity contribution in [1.29, 1.82) is 5.26 Å². The number of ether oxygens (including phenoxy) is 1. The van der Waals surface area contributed by atoms with E-state index in [4.69, 9.17) is 4.74 Å². The zero-order chi connectivity index (χ0) is 15.9. The number of thioether (sulfide) groups is 1. The summed E-state index contributed by atoms with van der Waals surface area (Å²) in [6.45, 7) is 5.81. The molecule has 4 nitrogen and oxygen atoms in total. The fraction of sp³-hybridized carbons (Fsp3) is 0.412. The third-order valence-corrected chi connectivity index (χ3v) is 4.30. The van der Waals surface area contributed by atoms with E-state index in [9.17, 15) is 10.1 Å². The molecule has 2 rings (SSSR count). The Hall–Kier alpha value is -1.93. The predicted molar refractivity (Wildman–Crippen MR) is 87.7 cm³/mol. The van der Waals surface area contributed by atoms with Gasteiger partial charge >= 0.3 is 5.97 Å². The molecule has 0 unspecified atom stereocenters. The lowest BCUT2D eigenvalue weighted by Gasteiger charge is -2.20. The predicted octanol–water partition coefficient (Wildman–Crippen LogP) is 3.17. The summed E-state index contributed by atoms with van der Waals surface area (Å²) < 4.78 is 5.21. The van der Waals surface area contributed by atoms with Crippen LogP contribution in [-0.2, 0) is 16.1 Å². The van der Waals surface area contributed by atoms with E-state index in [0.717, 1.165) is 22.9 Å². The van der Waals surface area contributed by atoms with E-state index >= 15 is 0 Å². The van der Waals surface area contributed by atoms with E-state index in [1.54, 1.807) is 11.8 Å². The highest BCUT2D eigenvalue weighted by Gasteiger charge is 2.26. The molecule has 0 spiro atoms. The van der Waals surface area contributed by atoms with Gasteiger partial charge in [0.25, 0.3) is 0 Å². The van der Waals surface area contributed by atoms with Crippen LogP contribution in [0.5, 0.6) is 0 Å². The first kappa shape index (κ1) is 16.4. The van der Waals surface area contributed by atoms with Gasteiger partial charge in [-0.3, -0.25) is 0 Å². The zero-order valence-corrected chi connectivity index (χ0v) is 13.7. The maximum atomic E-state index is 12.1. The van der Waals surface area contributed by atoms with E-state index < -0.39 is 5.97 Å². The molecule has 0 bridgehead atoms. The molecule has 0 N–H and O–H groups in total. The van der Waals surface area contributed by atoms with Gasteiger partial charge in [0.2, 0.25) is 0 Å². The van der Waals surface area contributed by atoms with Crippen LogP contribution in [0.25, 0.3) is 0 Å². The summed E-state index contributed by atoms with van der Waals surface area (Å²) in [5, 5.41) is 10.1. The van der Waals surface area contributed by atoms with Crippen LogP contribution in [0.4, 0.5) is 0 Å². The molecule has 0 aromatic heterocycles. The summed E-state index contributed by atoms with van der Waals surface area (Å²) in [5.74, 6) is 0.620. The van der Waals surface area contributed by atoms with Gasteiger partial charge in [0.1, 0.15) is 6.07 Å². The molecule has 1 aliphatic rings. The smallest absolute Gasteiger partial charge is 0.351 e. The first-order valence-corrected chi connectivity index (χ1v) is 8.33. The SMILES string of the molecule is CC(C)COC(=O)/C(C#N)=C1/SCCN1Cc1ccccc1. The van der Waals surface area contributed by atoms with Gasteiger partial charge in [-0.25, -0.2) is 4.79 Å². The molecular formula is C17H20N2O2S. The molecule has 0 atom stereocenters. The molecule has 0 radical (unpaired) electrons. The molecule has 0 aliphatic carbocycles. The van der Waals surface area contributed by atoms with Gasteiger partial charge < -0.3 is 9.64 Å². The van der Waals surface area contributed by atoms with Crippen molar-refractivity contribution in [1.82, 2.24) is 4.90 Å². The summed E-state index contributed by atoms with van der Waals surface area (Å²) in [6, 6.07) is 12.1. The molecular weight excluding hydrogens is 296 g/mol. The van der Waals surface area contributed by atoms with Crippen LogP contribution < -0.4 is 0 Å². The number of nitriles is 1. The Morgan fingerprint density at radius 1 is 1.41 bits per heavy atom. The van der Waals surface area contributed by atoms with Gasteiger partial charge in [-0.15, -0.1) is 11.8 Å². The summed E-state index contributed by atoms with van der Waals surface area (Å²) in [5.41, 5.74) is 1.29. The number of hydrogen-bond donors (Lipinski definition) is 0. The minimum atomic E-state index is -0.515. The lowest BCUT2D eigenvalue weighted by Crippen LogP contribution is -2.21. The van der Waals surface area contributed by atoms with Gasteiger partial charge in [-0.05, 0) is 11.5 Å². The average molecular weight is 316 g/mol. The number of carbonyl (C=O) groups excluding carboxylic acids is 1. The van der Waals surface area contributed by atoms with Gasteiger partial charge in [0.15, 0.2) is 5.57 Å². The van der Waals surface area contributed by atoms with Crippen LogP contribution in [0.2, 0.25) is 0 Å². The fourth-order valence-electron chi connectivity index (χ4n) is 2.13. The summed E-state index contributed by atoms with van der Waals surface area (Å²) >= 11 is 1.55. The minimum absolute atomic E-state index is 0.124. The van der Waals surface area contributed by atoms with E-state index in [1.165, 1.54) is 0 Å². The van der Waals surface area contributed by atoms with Crippen LogP contribution in [0, 0.1) is 17.2 Å². The number of hydrogen-bond acceptors (Lipinski definition) is 5. The van der Waals surface area contributed by atoms with Crippen LogP contribution in [0.15, 0.2) is 40.9 Å². The normalized spacial score (nSPS) is 16.5. The standard InChI is InChI=1S/C17H20N2O2S/c1-13(2)12-21-17(20)15(10-18)16-19(8-9-22-16)11-14-6-4-3-5-7-14/h3-7,13H,8-9,11-12H2,1-2H3/b16-15+. The first-order valence-electron chi connectivity index (χ1n) is 7.35. The Balaban J connectivity index is 2.15.